The predicted octanol–water partition coefficient (Wildman–Crippen LogP) is 2.81. The number of thiophene rings is 1. The highest BCUT2D eigenvalue weighted by Crippen LogP contribution is 2.35. The average Bonchev–Trinajstić information content (AvgIpc) is 2.95. The lowest BCUT2D eigenvalue weighted by Gasteiger charge is -2.09. The number of para-hydroxylation sites is 1. The van der Waals surface area contributed by atoms with Gasteiger partial charge in [-0.1, -0.05) is 12.1 Å². The number of hydrogen-bond acceptors (Lipinski definition) is 6. The molecule has 1 aromatic heterocycles. The number of hydrogen-bond donors (Lipinski definition) is 1. The van der Waals surface area contributed by atoms with Crippen molar-refractivity contribution in [2.75, 3.05) is 33.6 Å². The van der Waals surface area contributed by atoms with Crippen LogP contribution in [0.15, 0.2) is 24.3 Å². The zero-order valence-corrected chi connectivity index (χ0v) is 16.0. The summed E-state index contributed by atoms with van der Waals surface area (Å²) >= 11 is 1.04. The van der Waals surface area contributed by atoms with Crippen molar-refractivity contribution in [1.82, 2.24) is 4.90 Å². The minimum atomic E-state index is -0.619. The topological polar surface area (TPSA) is 84.9 Å². The second kappa shape index (κ2) is 8.01. The van der Waals surface area contributed by atoms with Crippen LogP contribution >= 0.6 is 11.3 Å². The molecule has 26 heavy (non-hydrogen) atoms. The number of ether oxygens (including phenoxy) is 2. The van der Waals surface area contributed by atoms with Gasteiger partial charge in [0, 0.05) is 14.1 Å². The van der Waals surface area contributed by atoms with Crippen molar-refractivity contribution in [3.05, 3.63) is 45.8 Å². The van der Waals surface area contributed by atoms with Crippen LogP contribution in [0.1, 0.15) is 36.0 Å². The van der Waals surface area contributed by atoms with E-state index in [2.05, 4.69) is 5.32 Å². The van der Waals surface area contributed by atoms with Crippen LogP contribution in [-0.4, -0.2) is 51.0 Å². The lowest BCUT2D eigenvalue weighted by Crippen LogP contribution is -2.21. The molecule has 0 saturated heterocycles. The predicted molar refractivity (Wildman–Crippen MR) is 99.4 cm³/mol. The van der Waals surface area contributed by atoms with Crippen molar-refractivity contribution in [3.63, 3.8) is 0 Å². The van der Waals surface area contributed by atoms with Gasteiger partial charge >= 0.3 is 5.97 Å². The first kappa shape index (κ1) is 19.5. The second-order valence-corrected chi connectivity index (χ2v) is 6.63. The molecule has 0 saturated carbocycles. The highest BCUT2D eigenvalue weighted by molar-refractivity contribution is 7.18. The Balaban J connectivity index is 2.48. The Kier molecular flexibility index (Phi) is 5.99. The van der Waals surface area contributed by atoms with Gasteiger partial charge in [0.1, 0.15) is 10.8 Å². The van der Waals surface area contributed by atoms with E-state index in [1.54, 1.807) is 45.3 Å². The molecule has 1 aromatic carbocycles. The number of esters is 1. The summed E-state index contributed by atoms with van der Waals surface area (Å²) in [5.41, 5.74) is 0.958. The number of anilines is 1. The highest BCUT2D eigenvalue weighted by atomic mass is 32.1. The minimum Gasteiger partial charge on any atom is -0.496 e. The van der Waals surface area contributed by atoms with Gasteiger partial charge in [-0.2, -0.15) is 0 Å². The van der Waals surface area contributed by atoms with E-state index in [1.165, 1.54) is 19.1 Å². The Hall–Kier alpha value is -2.87. The number of benzene rings is 1. The molecule has 0 aliphatic rings. The van der Waals surface area contributed by atoms with Crippen molar-refractivity contribution in [3.8, 4) is 5.75 Å². The van der Waals surface area contributed by atoms with Crippen LogP contribution in [0.5, 0.6) is 5.75 Å². The molecule has 2 aromatic rings. The number of nitrogens with zero attached hydrogens (tertiary/aromatic N) is 1. The van der Waals surface area contributed by atoms with Crippen molar-refractivity contribution < 1.29 is 23.9 Å². The summed E-state index contributed by atoms with van der Waals surface area (Å²) in [6.07, 6.45) is 0. The van der Waals surface area contributed by atoms with E-state index in [9.17, 15) is 14.4 Å². The molecule has 1 heterocycles. The number of carbonyl (C=O) groups excluding carboxylic acids is 3. The number of rotatable bonds is 5. The van der Waals surface area contributed by atoms with Gasteiger partial charge in [-0.15, -0.1) is 11.3 Å². The van der Waals surface area contributed by atoms with E-state index in [0.29, 0.717) is 21.8 Å². The van der Waals surface area contributed by atoms with Crippen LogP contribution in [0, 0.1) is 6.92 Å². The highest BCUT2D eigenvalue weighted by Gasteiger charge is 2.27. The summed E-state index contributed by atoms with van der Waals surface area (Å²) in [6.45, 7) is 1.65. The lowest BCUT2D eigenvalue weighted by atomic mass is 10.1. The maximum Gasteiger partial charge on any atom is 0.341 e. The Morgan fingerprint density at radius 2 is 1.77 bits per heavy atom. The number of nitrogens with one attached hydrogen (secondary N) is 1. The molecule has 0 fully saturated rings. The van der Waals surface area contributed by atoms with E-state index < -0.39 is 11.9 Å². The van der Waals surface area contributed by atoms with E-state index in [-0.39, 0.29) is 16.5 Å². The zero-order chi connectivity index (χ0) is 19.4. The molecule has 138 valence electrons. The number of amides is 2. The summed E-state index contributed by atoms with van der Waals surface area (Å²) < 4.78 is 10.0. The number of methoxy groups -OCH3 is 2. The molecule has 2 amide bonds. The fourth-order valence-electron chi connectivity index (χ4n) is 2.36. The summed E-state index contributed by atoms with van der Waals surface area (Å²) in [5, 5.41) is 2.96. The third-order valence-corrected chi connectivity index (χ3v) is 4.91. The van der Waals surface area contributed by atoms with Gasteiger partial charge in [0.25, 0.3) is 11.8 Å². The quantitative estimate of drug-likeness (QED) is 0.811. The van der Waals surface area contributed by atoms with E-state index in [4.69, 9.17) is 9.47 Å². The van der Waals surface area contributed by atoms with Crippen LogP contribution in [0.4, 0.5) is 5.00 Å². The first-order valence-corrected chi connectivity index (χ1v) is 8.51. The third kappa shape index (κ3) is 3.70. The Morgan fingerprint density at radius 1 is 1.12 bits per heavy atom. The largest absolute Gasteiger partial charge is 0.496 e. The molecule has 0 radical (unpaired) electrons. The van der Waals surface area contributed by atoms with Crippen LogP contribution in [0.2, 0.25) is 0 Å². The third-order valence-electron chi connectivity index (χ3n) is 3.72. The maximum absolute atomic E-state index is 12.6. The van der Waals surface area contributed by atoms with Crippen molar-refractivity contribution >= 4 is 34.1 Å². The van der Waals surface area contributed by atoms with Gasteiger partial charge < -0.3 is 19.7 Å². The molecule has 0 aliphatic carbocycles. The summed E-state index contributed by atoms with van der Waals surface area (Å²) in [6, 6.07) is 6.73. The zero-order valence-electron chi connectivity index (χ0n) is 15.2. The normalized spacial score (nSPS) is 10.2. The molecule has 2 rings (SSSR count). The molecule has 1 N–H and O–H groups in total. The first-order chi connectivity index (χ1) is 12.3. The lowest BCUT2D eigenvalue weighted by molar-refractivity contribution is 0.0601. The van der Waals surface area contributed by atoms with E-state index in [1.807, 2.05) is 0 Å². The summed E-state index contributed by atoms with van der Waals surface area (Å²) in [5.74, 6) is -0.914. The Bertz CT molecular complexity index is 857. The van der Waals surface area contributed by atoms with Gasteiger partial charge in [-0.05, 0) is 24.6 Å². The van der Waals surface area contributed by atoms with Gasteiger partial charge in [0.05, 0.1) is 30.2 Å². The first-order valence-electron chi connectivity index (χ1n) is 7.69. The fourth-order valence-corrected chi connectivity index (χ4v) is 3.57. The van der Waals surface area contributed by atoms with E-state index >= 15 is 0 Å². The van der Waals surface area contributed by atoms with Crippen molar-refractivity contribution in [1.29, 1.82) is 0 Å². The van der Waals surface area contributed by atoms with Crippen molar-refractivity contribution in [2.24, 2.45) is 0 Å². The van der Waals surface area contributed by atoms with Gasteiger partial charge in [0.15, 0.2) is 0 Å². The standard InChI is InChI=1S/C18H20N2O5S/c1-10-13(18(23)25-5)16(26-14(10)17(22)20(2)3)19-15(21)11-8-6-7-9-12(11)24-4/h6-9H,1-5H3,(H,19,21). The molecular formula is C18H20N2O5S. The van der Waals surface area contributed by atoms with Gasteiger partial charge in [0.2, 0.25) is 0 Å². The summed E-state index contributed by atoms with van der Waals surface area (Å²) in [7, 11) is 5.95. The molecule has 0 unspecified atom stereocenters. The van der Waals surface area contributed by atoms with Crippen LogP contribution < -0.4 is 10.1 Å². The Labute approximate surface area is 155 Å². The van der Waals surface area contributed by atoms with Gasteiger partial charge in [-0.25, -0.2) is 4.79 Å². The molecular weight excluding hydrogens is 356 g/mol. The number of carbonyl (C=O) groups is 3. The smallest absolute Gasteiger partial charge is 0.341 e. The Morgan fingerprint density at radius 3 is 2.35 bits per heavy atom. The molecule has 0 atom stereocenters. The molecule has 0 bridgehead atoms. The van der Waals surface area contributed by atoms with Crippen LogP contribution in [-0.2, 0) is 4.74 Å². The SMILES string of the molecule is COC(=O)c1c(NC(=O)c2ccccc2OC)sc(C(=O)N(C)C)c1C. The van der Waals surface area contributed by atoms with E-state index in [0.717, 1.165) is 11.3 Å². The monoisotopic (exact) mass is 376 g/mol. The maximum atomic E-state index is 12.6. The second-order valence-electron chi connectivity index (χ2n) is 5.61. The van der Waals surface area contributed by atoms with Crippen LogP contribution in [0.3, 0.4) is 0 Å². The van der Waals surface area contributed by atoms with Crippen molar-refractivity contribution in [2.45, 2.75) is 6.92 Å². The fraction of sp³-hybridized carbons (Fsp3) is 0.278. The average molecular weight is 376 g/mol. The molecule has 8 heteroatoms. The van der Waals surface area contributed by atoms with Gasteiger partial charge in [-0.3, -0.25) is 9.59 Å². The summed E-state index contributed by atoms with van der Waals surface area (Å²) in [4.78, 5) is 39.0. The molecule has 0 aliphatic heterocycles. The molecule has 0 spiro atoms. The minimum absolute atomic E-state index is 0.172. The van der Waals surface area contributed by atoms with Crippen LogP contribution in [0.25, 0.3) is 0 Å². The molecule has 7 nitrogen and oxygen atoms in total.